The normalized spacial score (nSPS) is 10.2. The van der Waals surface area contributed by atoms with Crippen LogP contribution in [0.3, 0.4) is 0 Å². The Labute approximate surface area is 84.6 Å². The number of carbonyl (C=O) groups excluding carboxylic acids is 1. The average Bonchev–Trinajstić information content (AvgIpc) is 2.15. The highest BCUT2D eigenvalue weighted by Gasteiger charge is 2.03. The molecular formula is C11H16N2O. The third kappa shape index (κ3) is 4.03. The molecule has 1 aromatic heterocycles. The van der Waals surface area contributed by atoms with E-state index in [9.17, 15) is 4.79 Å². The Kier molecular flexibility index (Phi) is 4.11. The van der Waals surface area contributed by atoms with Crippen molar-refractivity contribution < 1.29 is 4.79 Å². The minimum absolute atomic E-state index is 0.108. The third-order valence-corrected chi connectivity index (χ3v) is 1.83. The van der Waals surface area contributed by atoms with Gasteiger partial charge in [0.05, 0.1) is 0 Å². The number of hydrogen-bond acceptors (Lipinski definition) is 2. The second-order valence-electron chi connectivity index (χ2n) is 3.73. The van der Waals surface area contributed by atoms with Crippen LogP contribution in [-0.2, 0) is 11.3 Å². The lowest BCUT2D eigenvalue weighted by Crippen LogP contribution is -2.23. The maximum Gasteiger partial charge on any atom is 0.220 e. The Bertz CT molecular complexity index is 283. The highest BCUT2D eigenvalue weighted by molar-refractivity contribution is 5.76. The lowest BCUT2D eigenvalue weighted by atomic mass is 10.1. The molecule has 1 amide bonds. The molecule has 1 aromatic rings. The SMILES string of the molecule is CC(C)CC(=O)NCc1ccncc1. The maximum absolute atomic E-state index is 11.3. The molecule has 0 radical (unpaired) electrons. The Balaban J connectivity index is 2.31. The van der Waals surface area contributed by atoms with Crippen molar-refractivity contribution in [3.05, 3.63) is 30.1 Å². The smallest absolute Gasteiger partial charge is 0.220 e. The van der Waals surface area contributed by atoms with Crippen LogP contribution in [0.1, 0.15) is 25.8 Å². The van der Waals surface area contributed by atoms with Crippen LogP contribution < -0.4 is 5.32 Å². The van der Waals surface area contributed by atoms with Crippen molar-refractivity contribution in [2.75, 3.05) is 0 Å². The number of hydrogen-bond donors (Lipinski definition) is 1. The van der Waals surface area contributed by atoms with Crippen LogP contribution >= 0.6 is 0 Å². The highest BCUT2D eigenvalue weighted by atomic mass is 16.1. The van der Waals surface area contributed by atoms with Crippen molar-refractivity contribution in [1.29, 1.82) is 0 Å². The maximum atomic E-state index is 11.3. The zero-order valence-corrected chi connectivity index (χ0v) is 8.66. The Hall–Kier alpha value is -1.38. The highest BCUT2D eigenvalue weighted by Crippen LogP contribution is 2.00. The summed E-state index contributed by atoms with van der Waals surface area (Å²) >= 11 is 0. The minimum Gasteiger partial charge on any atom is -0.352 e. The molecule has 0 aliphatic heterocycles. The number of nitrogens with zero attached hydrogens (tertiary/aromatic N) is 1. The van der Waals surface area contributed by atoms with Gasteiger partial charge < -0.3 is 5.32 Å². The van der Waals surface area contributed by atoms with Crippen molar-refractivity contribution in [3.8, 4) is 0 Å². The van der Waals surface area contributed by atoms with Gasteiger partial charge in [0.2, 0.25) is 5.91 Å². The number of rotatable bonds is 4. The predicted molar refractivity (Wildman–Crippen MR) is 55.5 cm³/mol. The van der Waals surface area contributed by atoms with Gasteiger partial charge in [-0.25, -0.2) is 0 Å². The Morgan fingerprint density at radius 1 is 1.43 bits per heavy atom. The van der Waals surface area contributed by atoms with Gasteiger partial charge in [-0.15, -0.1) is 0 Å². The molecule has 1 N–H and O–H groups in total. The summed E-state index contributed by atoms with van der Waals surface area (Å²) in [5.41, 5.74) is 1.08. The van der Waals surface area contributed by atoms with E-state index in [1.807, 2.05) is 26.0 Å². The number of nitrogens with one attached hydrogen (secondary N) is 1. The van der Waals surface area contributed by atoms with Crippen LogP contribution in [0.5, 0.6) is 0 Å². The summed E-state index contributed by atoms with van der Waals surface area (Å²) in [4.78, 5) is 15.2. The van der Waals surface area contributed by atoms with E-state index in [0.29, 0.717) is 18.9 Å². The molecule has 0 bridgehead atoms. The third-order valence-electron chi connectivity index (χ3n) is 1.83. The summed E-state index contributed by atoms with van der Waals surface area (Å²) in [5, 5.41) is 2.86. The van der Waals surface area contributed by atoms with E-state index < -0.39 is 0 Å². The van der Waals surface area contributed by atoms with E-state index in [-0.39, 0.29) is 5.91 Å². The fraction of sp³-hybridized carbons (Fsp3) is 0.455. The molecular weight excluding hydrogens is 176 g/mol. The van der Waals surface area contributed by atoms with Gasteiger partial charge >= 0.3 is 0 Å². The zero-order chi connectivity index (χ0) is 10.4. The molecule has 0 atom stereocenters. The number of aromatic nitrogens is 1. The van der Waals surface area contributed by atoms with Gasteiger partial charge in [0, 0.05) is 25.4 Å². The molecule has 1 rings (SSSR count). The van der Waals surface area contributed by atoms with Crippen LogP contribution in [0.15, 0.2) is 24.5 Å². The molecule has 0 unspecified atom stereocenters. The first-order chi connectivity index (χ1) is 6.68. The van der Waals surface area contributed by atoms with Crippen LogP contribution in [0.4, 0.5) is 0 Å². The molecule has 0 saturated heterocycles. The van der Waals surface area contributed by atoms with Crippen molar-refractivity contribution in [1.82, 2.24) is 10.3 Å². The van der Waals surface area contributed by atoms with E-state index in [0.717, 1.165) is 5.56 Å². The largest absolute Gasteiger partial charge is 0.352 e. The summed E-state index contributed by atoms with van der Waals surface area (Å²) < 4.78 is 0. The van der Waals surface area contributed by atoms with E-state index in [1.165, 1.54) is 0 Å². The van der Waals surface area contributed by atoms with Crippen LogP contribution in [0.25, 0.3) is 0 Å². The number of pyridine rings is 1. The van der Waals surface area contributed by atoms with E-state index in [1.54, 1.807) is 12.4 Å². The average molecular weight is 192 g/mol. The summed E-state index contributed by atoms with van der Waals surface area (Å²) in [5.74, 6) is 0.518. The molecule has 1 heterocycles. The van der Waals surface area contributed by atoms with Crippen molar-refractivity contribution in [2.24, 2.45) is 5.92 Å². The van der Waals surface area contributed by atoms with Crippen LogP contribution in [0, 0.1) is 5.92 Å². The fourth-order valence-electron chi connectivity index (χ4n) is 1.14. The first kappa shape index (κ1) is 10.7. The summed E-state index contributed by atoms with van der Waals surface area (Å²) in [7, 11) is 0. The quantitative estimate of drug-likeness (QED) is 0.789. The molecule has 0 aromatic carbocycles. The summed E-state index contributed by atoms with van der Waals surface area (Å²) in [6.45, 7) is 4.66. The summed E-state index contributed by atoms with van der Waals surface area (Å²) in [6.07, 6.45) is 4.04. The predicted octanol–water partition coefficient (Wildman–Crippen LogP) is 1.74. The van der Waals surface area contributed by atoms with Gasteiger partial charge in [-0.05, 0) is 23.6 Å². The van der Waals surface area contributed by atoms with Gasteiger partial charge in [-0.2, -0.15) is 0 Å². The van der Waals surface area contributed by atoms with Gasteiger partial charge in [-0.3, -0.25) is 9.78 Å². The van der Waals surface area contributed by atoms with Crippen LogP contribution in [0.2, 0.25) is 0 Å². The second-order valence-corrected chi connectivity index (χ2v) is 3.73. The van der Waals surface area contributed by atoms with E-state index >= 15 is 0 Å². The van der Waals surface area contributed by atoms with Gasteiger partial charge in [0.1, 0.15) is 0 Å². The standard InChI is InChI=1S/C11H16N2O/c1-9(2)7-11(14)13-8-10-3-5-12-6-4-10/h3-6,9H,7-8H2,1-2H3,(H,13,14). The number of carbonyl (C=O) groups is 1. The van der Waals surface area contributed by atoms with Crippen molar-refractivity contribution in [3.63, 3.8) is 0 Å². The first-order valence-electron chi connectivity index (χ1n) is 4.84. The monoisotopic (exact) mass is 192 g/mol. The summed E-state index contributed by atoms with van der Waals surface area (Å²) in [6, 6.07) is 3.80. The fourth-order valence-corrected chi connectivity index (χ4v) is 1.14. The second kappa shape index (κ2) is 5.37. The van der Waals surface area contributed by atoms with Crippen molar-refractivity contribution >= 4 is 5.91 Å². The van der Waals surface area contributed by atoms with Crippen LogP contribution in [-0.4, -0.2) is 10.9 Å². The Morgan fingerprint density at radius 2 is 2.07 bits per heavy atom. The zero-order valence-electron chi connectivity index (χ0n) is 8.66. The topological polar surface area (TPSA) is 42.0 Å². The van der Waals surface area contributed by atoms with Gasteiger partial charge in [0.25, 0.3) is 0 Å². The Morgan fingerprint density at radius 3 is 2.64 bits per heavy atom. The van der Waals surface area contributed by atoms with E-state index in [2.05, 4.69) is 10.3 Å². The lowest BCUT2D eigenvalue weighted by Gasteiger charge is -2.06. The molecule has 3 nitrogen and oxygen atoms in total. The molecule has 0 fully saturated rings. The molecule has 0 spiro atoms. The number of amides is 1. The molecule has 0 saturated carbocycles. The molecule has 14 heavy (non-hydrogen) atoms. The lowest BCUT2D eigenvalue weighted by molar-refractivity contribution is -0.121. The molecule has 0 aliphatic rings. The van der Waals surface area contributed by atoms with Gasteiger partial charge in [0.15, 0.2) is 0 Å². The van der Waals surface area contributed by atoms with Gasteiger partial charge in [-0.1, -0.05) is 13.8 Å². The van der Waals surface area contributed by atoms with E-state index in [4.69, 9.17) is 0 Å². The first-order valence-corrected chi connectivity index (χ1v) is 4.84. The molecule has 3 heteroatoms. The molecule has 76 valence electrons. The minimum atomic E-state index is 0.108. The van der Waals surface area contributed by atoms with Crippen molar-refractivity contribution in [2.45, 2.75) is 26.8 Å². The molecule has 0 aliphatic carbocycles.